The standard InChI is InChI=1S/C11H19N5/c1-4-13-11(15-12)14-9-7-5-6-8-10(9)16(2)3/h5-8H,4,12H2,1-3H3,(H2,13,14,15). The number of nitrogens with two attached hydrogens (primary N) is 1. The molecule has 0 aromatic heterocycles. The maximum atomic E-state index is 5.38. The number of nitrogens with zero attached hydrogens (tertiary/aromatic N) is 2. The Hall–Kier alpha value is -1.75. The van der Waals surface area contributed by atoms with Crippen LogP contribution in [0.2, 0.25) is 0 Å². The van der Waals surface area contributed by atoms with Gasteiger partial charge in [0, 0.05) is 20.6 Å². The van der Waals surface area contributed by atoms with E-state index in [-0.39, 0.29) is 0 Å². The van der Waals surface area contributed by atoms with Gasteiger partial charge in [0.25, 0.3) is 0 Å². The van der Waals surface area contributed by atoms with Crippen molar-refractivity contribution in [1.82, 2.24) is 5.43 Å². The number of anilines is 2. The summed E-state index contributed by atoms with van der Waals surface area (Å²) in [4.78, 5) is 6.22. The van der Waals surface area contributed by atoms with Crippen LogP contribution in [-0.4, -0.2) is 26.6 Å². The van der Waals surface area contributed by atoms with Gasteiger partial charge in [-0.2, -0.15) is 0 Å². The second-order valence-electron chi connectivity index (χ2n) is 3.50. The Bertz CT molecular complexity index is 359. The average Bonchev–Trinajstić information content (AvgIpc) is 2.29. The number of hydrogen-bond acceptors (Lipinski definition) is 3. The molecule has 0 fully saturated rings. The molecular formula is C11H19N5. The molecule has 0 aliphatic carbocycles. The van der Waals surface area contributed by atoms with Crippen molar-refractivity contribution in [2.75, 3.05) is 30.9 Å². The first kappa shape index (κ1) is 12.3. The predicted octanol–water partition coefficient (Wildman–Crippen LogP) is 1.00. The van der Waals surface area contributed by atoms with Crippen LogP contribution in [0.4, 0.5) is 11.4 Å². The van der Waals surface area contributed by atoms with Gasteiger partial charge in [-0.05, 0) is 19.1 Å². The van der Waals surface area contributed by atoms with Crippen molar-refractivity contribution in [3.63, 3.8) is 0 Å². The van der Waals surface area contributed by atoms with Crippen LogP contribution in [0.15, 0.2) is 29.3 Å². The second-order valence-corrected chi connectivity index (χ2v) is 3.50. The van der Waals surface area contributed by atoms with Gasteiger partial charge >= 0.3 is 0 Å². The Labute approximate surface area is 96.3 Å². The monoisotopic (exact) mass is 221 g/mol. The lowest BCUT2D eigenvalue weighted by Gasteiger charge is -2.18. The molecule has 0 aliphatic heterocycles. The maximum absolute atomic E-state index is 5.38. The minimum absolute atomic E-state index is 0.566. The number of guanidine groups is 1. The molecule has 5 nitrogen and oxygen atoms in total. The van der Waals surface area contributed by atoms with Crippen LogP contribution in [0.25, 0.3) is 0 Å². The smallest absolute Gasteiger partial charge is 0.210 e. The third kappa shape index (κ3) is 3.13. The molecule has 0 aliphatic rings. The Morgan fingerprint density at radius 3 is 2.62 bits per heavy atom. The molecule has 0 saturated heterocycles. The van der Waals surface area contributed by atoms with Crippen LogP contribution in [0.3, 0.4) is 0 Å². The molecule has 0 bridgehead atoms. The predicted molar refractivity (Wildman–Crippen MR) is 69.7 cm³/mol. The highest BCUT2D eigenvalue weighted by Gasteiger charge is 2.04. The Morgan fingerprint density at radius 2 is 2.06 bits per heavy atom. The first-order chi connectivity index (χ1) is 7.69. The number of benzene rings is 1. The van der Waals surface area contributed by atoms with E-state index >= 15 is 0 Å². The van der Waals surface area contributed by atoms with E-state index in [9.17, 15) is 0 Å². The summed E-state index contributed by atoms with van der Waals surface area (Å²) in [5.41, 5.74) is 4.59. The van der Waals surface area contributed by atoms with Crippen LogP contribution in [0.5, 0.6) is 0 Å². The molecule has 5 heteroatoms. The number of para-hydroxylation sites is 2. The van der Waals surface area contributed by atoms with Crippen molar-refractivity contribution in [3.05, 3.63) is 24.3 Å². The molecule has 16 heavy (non-hydrogen) atoms. The third-order valence-corrected chi connectivity index (χ3v) is 2.09. The van der Waals surface area contributed by atoms with E-state index < -0.39 is 0 Å². The number of rotatable bonds is 3. The molecule has 0 spiro atoms. The quantitative estimate of drug-likeness (QED) is 0.308. The molecule has 1 aromatic carbocycles. The fraction of sp³-hybridized carbons (Fsp3) is 0.364. The first-order valence-electron chi connectivity index (χ1n) is 5.23. The number of hydrogen-bond donors (Lipinski definition) is 3. The molecule has 0 heterocycles. The molecular weight excluding hydrogens is 202 g/mol. The van der Waals surface area contributed by atoms with Gasteiger partial charge in [0.15, 0.2) is 0 Å². The van der Waals surface area contributed by atoms with Gasteiger partial charge in [0.1, 0.15) is 0 Å². The summed E-state index contributed by atoms with van der Waals surface area (Å²) in [5, 5.41) is 3.15. The summed E-state index contributed by atoms with van der Waals surface area (Å²) in [6.07, 6.45) is 0. The van der Waals surface area contributed by atoms with Crippen molar-refractivity contribution in [1.29, 1.82) is 0 Å². The first-order valence-corrected chi connectivity index (χ1v) is 5.23. The van der Waals surface area contributed by atoms with Crippen molar-refractivity contribution in [3.8, 4) is 0 Å². The molecule has 4 N–H and O–H groups in total. The van der Waals surface area contributed by atoms with E-state index in [4.69, 9.17) is 5.84 Å². The zero-order valence-corrected chi connectivity index (χ0v) is 9.99. The van der Waals surface area contributed by atoms with Gasteiger partial charge in [-0.25, -0.2) is 5.84 Å². The molecule has 0 radical (unpaired) electrons. The summed E-state index contributed by atoms with van der Waals surface area (Å²) in [5.74, 6) is 5.94. The van der Waals surface area contributed by atoms with Gasteiger partial charge < -0.3 is 10.2 Å². The largest absolute Gasteiger partial charge is 0.376 e. The number of aliphatic imine (C=N–C) groups is 1. The van der Waals surface area contributed by atoms with Crippen molar-refractivity contribution < 1.29 is 0 Å². The van der Waals surface area contributed by atoms with Gasteiger partial charge in [-0.3, -0.25) is 10.4 Å². The fourth-order valence-corrected chi connectivity index (χ4v) is 1.38. The third-order valence-electron chi connectivity index (χ3n) is 2.09. The van der Waals surface area contributed by atoms with E-state index in [1.807, 2.05) is 50.2 Å². The topological polar surface area (TPSA) is 65.7 Å². The lowest BCUT2D eigenvalue weighted by molar-refractivity contribution is 0.985. The van der Waals surface area contributed by atoms with Crippen LogP contribution in [0, 0.1) is 0 Å². The van der Waals surface area contributed by atoms with Crippen LogP contribution < -0.4 is 21.5 Å². The maximum Gasteiger partial charge on any atom is 0.210 e. The summed E-state index contributed by atoms with van der Waals surface area (Å²) < 4.78 is 0. The minimum atomic E-state index is 0.566. The molecule has 0 atom stereocenters. The highest BCUT2D eigenvalue weighted by atomic mass is 15.3. The second kappa shape index (κ2) is 5.97. The van der Waals surface area contributed by atoms with Crippen LogP contribution in [-0.2, 0) is 0 Å². The molecule has 88 valence electrons. The Morgan fingerprint density at radius 1 is 1.38 bits per heavy atom. The highest BCUT2D eigenvalue weighted by Crippen LogP contribution is 2.22. The van der Waals surface area contributed by atoms with Crippen LogP contribution in [0.1, 0.15) is 6.92 Å². The molecule has 0 saturated carbocycles. The summed E-state index contributed by atoms with van der Waals surface area (Å²) in [7, 11) is 3.99. The number of hydrazine groups is 1. The van der Waals surface area contributed by atoms with E-state index in [2.05, 4.69) is 15.7 Å². The van der Waals surface area contributed by atoms with Gasteiger partial charge in [0.2, 0.25) is 5.96 Å². The fourth-order valence-electron chi connectivity index (χ4n) is 1.38. The SMILES string of the molecule is CCN=C(NN)Nc1ccccc1N(C)C. The molecule has 0 amide bonds. The van der Waals surface area contributed by atoms with Gasteiger partial charge in [0.05, 0.1) is 11.4 Å². The van der Waals surface area contributed by atoms with Gasteiger partial charge in [-0.15, -0.1) is 0 Å². The minimum Gasteiger partial charge on any atom is -0.376 e. The number of nitrogens with one attached hydrogen (secondary N) is 2. The van der Waals surface area contributed by atoms with Crippen molar-refractivity contribution >= 4 is 17.3 Å². The summed E-state index contributed by atoms with van der Waals surface area (Å²) in [6.45, 7) is 2.63. The van der Waals surface area contributed by atoms with E-state index in [1.165, 1.54) is 0 Å². The van der Waals surface area contributed by atoms with Crippen molar-refractivity contribution in [2.24, 2.45) is 10.8 Å². The molecule has 1 aromatic rings. The van der Waals surface area contributed by atoms with E-state index in [0.29, 0.717) is 12.5 Å². The van der Waals surface area contributed by atoms with Crippen molar-refractivity contribution in [2.45, 2.75) is 6.92 Å². The van der Waals surface area contributed by atoms with Gasteiger partial charge in [-0.1, -0.05) is 12.1 Å². The van der Waals surface area contributed by atoms with Crippen LogP contribution >= 0.6 is 0 Å². The molecule has 0 unspecified atom stereocenters. The normalized spacial score (nSPS) is 11.1. The lowest BCUT2D eigenvalue weighted by atomic mass is 10.2. The zero-order valence-electron chi connectivity index (χ0n) is 9.99. The highest BCUT2D eigenvalue weighted by molar-refractivity contribution is 5.96. The average molecular weight is 221 g/mol. The zero-order chi connectivity index (χ0) is 12.0. The summed E-state index contributed by atoms with van der Waals surface area (Å²) >= 11 is 0. The Kier molecular flexibility index (Phi) is 4.60. The lowest BCUT2D eigenvalue weighted by Crippen LogP contribution is -2.36. The summed E-state index contributed by atoms with van der Waals surface area (Å²) in [6, 6.07) is 7.97. The van der Waals surface area contributed by atoms with E-state index in [0.717, 1.165) is 11.4 Å². The molecule has 1 rings (SSSR count). The Balaban J connectivity index is 2.91. The van der Waals surface area contributed by atoms with E-state index in [1.54, 1.807) is 0 Å².